The molecule has 4 nitrogen and oxygen atoms in total. The Hall–Kier alpha value is -2.07. The van der Waals surface area contributed by atoms with Crippen LogP contribution in [0.25, 0.3) is 0 Å². The largest absolute Gasteiger partial charge is 0.459 e. The minimum atomic E-state index is -0.305. The van der Waals surface area contributed by atoms with Crippen LogP contribution in [0.3, 0.4) is 0 Å². The molecular weight excluding hydrogens is 206 g/mol. The van der Waals surface area contributed by atoms with Crippen molar-refractivity contribution in [2.45, 2.75) is 6.61 Å². The van der Waals surface area contributed by atoms with Gasteiger partial charge in [0.2, 0.25) is 0 Å². The molecule has 82 valence electrons. The van der Waals surface area contributed by atoms with Gasteiger partial charge >= 0.3 is 0 Å². The normalized spacial score (nSPS) is 10.1. The molecule has 0 aliphatic heterocycles. The van der Waals surface area contributed by atoms with Crippen LogP contribution in [0, 0.1) is 0 Å². The fraction of sp³-hybridized carbons (Fsp3) is 0.0833. The average Bonchev–Trinajstić information content (AvgIpc) is 2.83. The molecule has 0 fully saturated rings. The number of carbonyl (C=O) groups excluding carboxylic acids is 1. The zero-order valence-electron chi connectivity index (χ0n) is 8.51. The number of aliphatic hydroxyl groups is 1. The number of carbonyl (C=O) groups is 1. The summed E-state index contributed by atoms with van der Waals surface area (Å²) in [5.41, 5.74) is 1.38. The van der Waals surface area contributed by atoms with E-state index in [0.717, 1.165) is 5.56 Å². The highest BCUT2D eigenvalue weighted by atomic mass is 16.3. The Morgan fingerprint density at radius 3 is 2.88 bits per heavy atom. The van der Waals surface area contributed by atoms with Crippen molar-refractivity contribution in [3.05, 3.63) is 54.0 Å². The third kappa shape index (κ3) is 2.29. The third-order valence-corrected chi connectivity index (χ3v) is 2.11. The van der Waals surface area contributed by atoms with E-state index in [4.69, 9.17) is 9.52 Å². The predicted octanol–water partition coefficient (Wildman–Crippen LogP) is 2.02. The molecule has 0 bridgehead atoms. The topological polar surface area (TPSA) is 62.5 Å². The molecule has 0 aliphatic rings. The predicted molar refractivity (Wildman–Crippen MR) is 59.0 cm³/mol. The number of hydrogen-bond acceptors (Lipinski definition) is 3. The number of amides is 1. The molecule has 2 aromatic rings. The maximum atomic E-state index is 11.6. The summed E-state index contributed by atoms with van der Waals surface area (Å²) in [6.45, 7) is -0.0511. The lowest BCUT2D eigenvalue weighted by Gasteiger charge is -2.04. The molecule has 16 heavy (non-hydrogen) atoms. The highest BCUT2D eigenvalue weighted by Gasteiger charge is 2.08. The zero-order valence-corrected chi connectivity index (χ0v) is 8.51. The van der Waals surface area contributed by atoms with Gasteiger partial charge in [0.05, 0.1) is 12.9 Å². The first-order valence-corrected chi connectivity index (χ1v) is 4.84. The van der Waals surface area contributed by atoms with Crippen molar-refractivity contribution in [2.75, 3.05) is 5.32 Å². The van der Waals surface area contributed by atoms with Crippen molar-refractivity contribution in [1.29, 1.82) is 0 Å². The minimum Gasteiger partial charge on any atom is -0.459 e. The Bertz CT molecular complexity index is 477. The van der Waals surface area contributed by atoms with Crippen LogP contribution >= 0.6 is 0 Å². The Morgan fingerprint density at radius 1 is 1.31 bits per heavy atom. The van der Waals surface area contributed by atoms with Gasteiger partial charge in [-0.1, -0.05) is 12.1 Å². The second kappa shape index (κ2) is 4.63. The molecule has 1 aromatic carbocycles. The van der Waals surface area contributed by atoms with Crippen LogP contribution < -0.4 is 5.32 Å². The minimum absolute atomic E-state index is 0.0511. The summed E-state index contributed by atoms with van der Waals surface area (Å²) in [6, 6.07) is 10.2. The lowest BCUT2D eigenvalue weighted by molar-refractivity contribution is 0.0996. The molecule has 2 rings (SSSR count). The summed E-state index contributed by atoms with van der Waals surface area (Å²) in [7, 11) is 0. The molecule has 1 heterocycles. The summed E-state index contributed by atoms with van der Waals surface area (Å²) in [4.78, 5) is 11.6. The number of furan rings is 1. The van der Waals surface area contributed by atoms with E-state index in [0.29, 0.717) is 5.69 Å². The smallest absolute Gasteiger partial charge is 0.291 e. The van der Waals surface area contributed by atoms with E-state index in [-0.39, 0.29) is 18.3 Å². The molecule has 0 aliphatic carbocycles. The van der Waals surface area contributed by atoms with Gasteiger partial charge < -0.3 is 14.8 Å². The van der Waals surface area contributed by atoms with Crippen molar-refractivity contribution >= 4 is 11.6 Å². The number of benzene rings is 1. The van der Waals surface area contributed by atoms with E-state index < -0.39 is 0 Å². The molecule has 1 aromatic heterocycles. The standard InChI is InChI=1S/C12H11NO3/c14-8-9-3-1-4-10(7-9)13-12(15)11-5-2-6-16-11/h1-7,14H,8H2,(H,13,15). The van der Waals surface area contributed by atoms with Crippen LogP contribution in [-0.2, 0) is 6.61 Å². The van der Waals surface area contributed by atoms with Crippen molar-refractivity contribution in [3.8, 4) is 0 Å². The van der Waals surface area contributed by atoms with E-state index in [2.05, 4.69) is 5.32 Å². The fourth-order valence-electron chi connectivity index (χ4n) is 1.35. The second-order valence-corrected chi connectivity index (χ2v) is 3.29. The van der Waals surface area contributed by atoms with E-state index in [1.807, 2.05) is 0 Å². The van der Waals surface area contributed by atoms with Crippen LogP contribution in [0.15, 0.2) is 47.1 Å². The molecule has 0 saturated carbocycles. The summed E-state index contributed by atoms with van der Waals surface area (Å²) >= 11 is 0. The van der Waals surface area contributed by atoms with Gasteiger partial charge in [0.25, 0.3) is 5.91 Å². The van der Waals surface area contributed by atoms with Crippen LogP contribution in [0.1, 0.15) is 16.1 Å². The number of rotatable bonds is 3. The zero-order chi connectivity index (χ0) is 11.4. The Labute approximate surface area is 92.5 Å². The van der Waals surface area contributed by atoms with E-state index in [9.17, 15) is 4.79 Å². The first-order chi connectivity index (χ1) is 7.79. The van der Waals surface area contributed by atoms with Crippen LogP contribution in [0.4, 0.5) is 5.69 Å². The Morgan fingerprint density at radius 2 is 2.19 bits per heavy atom. The molecule has 0 unspecified atom stereocenters. The van der Waals surface area contributed by atoms with Gasteiger partial charge in [-0.3, -0.25) is 4.79 Å². The van der Waals surface area contributed by atoms with Crippen LogP contribution in [0.5, 0.6) is 0 Å². The maximum absolute atomic E-state index is 11.6. The monoisotopic (exact) mass is 217 g/mol. The van der Waals surface area contributed by atoms with E-state index >= 15 is 0 Å². The van der Waals surface area contributed by atoms with Gasteiger partial charge in [0.15, 0.2) is 5.76 Å². The number of hydrogen-bond donors (Lipinski definition) is 2. The first kappa shape index (κ1) is 10.4. The molecule has 1 amide bonds. The molecule has 2 N–H and O–H groups in total. The Kier molecular flexibility index (Phi) is 3.03. The van der Waals surface area contributed by atoms with Gasteiger partial charge in [-0.25, -0.2) is 0 Å². The van der Waals surface area contributed by atoms with E-state index in [1.165, 1.54) is 6.26 Å². The summed E-state index contributed by atoms with van der Waals surface area (Å²) in [5, 5.41) is 11.6. The number of aliphatic hydroxyl groups excluding tert-OH is 1. The van der Waals surface area contributed by atoms with Gasteiger partial charge in [0.1, 0.15) is 0 Å². The maximum Gasteiger partial charge on any atom is 0.291 e. The lowest BCUT2D eigenvalue weighted by Crippen LogP contribution is -2.10. The Balaban J connectivity index is 2.12. The molecule has 4 heteroatoms. The van der Waals surface area contributed by atoms with Gasteiger partial charge in [-0.15, -0.1) is 0 Å². The molecule has 0 radical (unpaired) electrons. The molecule has 0 spiro atoms. The molecule has 0 atom stereocenters. The quantitative estimate of drug-likeness (QED) is 0.826. The van der Waals surface area contributed by atoms with Gasteiger partial charge in [-0.05, 0) is 29.8 Å². The molecule has 0 saturated heterocycles. The number of anilines is 1. The summed E-state index contributed by atoms with van der Waals surface area (Å²) in [5.74, 6) is -0.0468. The highest BCUT2D eigenvalue weighted by molar-refractivity contribution is 6.02. The van der Waals surface area contributed by atoms with Crippen molar-refractivity contribution in [2.24, 2.45) is 0 Å². The van der Waals surface area contributed by atoms with E-state index in [1.54, 1.807) is 36.4 Å². The highest BCUT2D eigenvalue weighted by Crippen LogP contribution is 2.12. The first-order valence-electron chi connectivity index (χ1n) is 4.84. The second-order valence-electron chi connectivity index (χ2n) is 3.29. The fourth-order valence-corrected chi connectivity index (χ4v) is 1.35. The van der Waals surface area contributed by atoms with Crippen LogP contribution in [-0.4, -0.2) is 11.0 Å². The van der Waals surface area contributed by atoms with Crippen molar-refractivity contribution in [1.82, 2.24) is 0 Å². The number of nitrogens with one attached hydrogen (secondary N) is 1. The average molecular weight is 217 g/mol. The lowest BCUT2D eigenvalue weighted by atomic mass is 10.2. The summed E-state index contributed by atoms with van der Waals surface area (Å²) in [6.07, 6.45) is 1.44. The molecular formula is C12H11NO3. The summed E-state index contributed by atoms with van der Waals surface area (Å²) < 4.78 is 4.96. The SMILES string of the molecule is O=C(Nc1cccc(CO)c1)c1ccco1. The van der Waals surface area contributed by atoms with Crippen molar-refractivity contribution < 1.29 is 14.3 Å². The van der Waals surface area contributed by atoms with Gasteiger partial charge in [0, 0.05) is 5.69 Å². The third-order valence-electron chi connectivity index (χ3n) is 2.11. The van der Waals surface area contributed by atoms with Crippen LogP contribution in [0.2, 0.25) is 0 Å². The van der Waals surface area contributed by atoms with Gasteiger partial charge in [-0.2, -0.15) is 0 Å². The van der Waals surface area contributed by atoms with Crippen molar-refractivity contribution in [3.63, 3.8) is 0 Å².